The Balaban J connectivity index is 1.71. The van der Waals surface area contributed by atoms with Gasteiger partial charge in [-0.25, -0.2) is 4.79 Å². The molecular weight excluding hydrogens is 506 g/mol. The lowest BCUT2D eigenvalue weighted by Crippen LogP contribution is -2.55. The molecule has 35 heavy (non-hydrogen) atoms. The smallest absolute Gasteiger partial charge is 0.406 e. The molecule has 0 aromatic heterocycles. The molecule has 0 radical (unpaired) electrons. The van der Waals surface area contributed by atoms with Gasteiger partial charge in [0.05, 0.1) is 11.4 Å². The third kappa shape index (κ3) is 3.93. The van der Waals surface area contributed by atoms with E-state index in [-0.39, 0.29) is 12.1 Å². The van der Waals surface area contributed by atoms with Crippen molar-refractivity contribution in [2.75, 3.05) is 28.3 Å². The van der Waals surface area contributed by atoms with Crippen LogP contribution in [0.3, 0.4) is 0 Å². The van der Waals surface area contributed by atoms with Crippen LogP contribution in [0.15, 0.2) is 66.7 Å². The highest BCUT2D eigenvalue weighted by atomic mass is 35.5. The van der Waals surface area contributed by atoms with Gasteiger partial charge >= 0.3 is 12.4 Å². The highest BCUT2D eigenvalue weighted by Gasteiger charge is 2.60. The minimum Gasteiger partial charge on any atom is -0.406 e. The molecule has 3 aromatic rings. The number of likely N-dealkylation sites (N-methyl/N-ethyl adjacent to an activating group) is 1. The first-order valence-corrected chi connectivity index (χ1v) is 11.2. The second-order valence-corrected chi connectivity index (χ2v) is 9.17. The normalized spacial score (nSPS) is 21.7. The van der Waals surface area contributed by atoms with Crippen LogP contribution in [-0.4, -0.2) is 37.1 Å². The van der Waals surface area contributed by atoms with Crippen molar-refractivity contribution in [2.24, 2.45) is 0 Å². The van der Waals surface area contributed by atoms with E-state index < -0.39 is 29.9 Å². The van der Waals surface area contributed by atoms with Crippen molar-refractivity contribution >= 4 is 46.3 Å². The third-order valence-electron chi connectivity index (χ3n) is 6.15. The number of hydrogen-bond donors (Lipinski definition) is 1. The number of carbonyl (C=O) groups is 1. The molecule has 6 nitrogen and oxygen atoms in total. The Kier molecular flexibility index (Phi) is 5.54. The zero-order valence-corrected chi connectivity index (χ0v) is 19.6. The number of benzene rings is 3. The number of rotatable bonds is 3. The zero-order chi connectivity index (χ0) is 25.1. The molecule has 182 valence electrons. The fourth-order valence-corrected chi connectivity index (χ4v) is 4.99. The molecule has 1 fully saturated rings. The van der Waals surface area contributed by atoms with Crippen LogP contribution in [0, 0.1) is 0 Å². The quantitative estimate of drug-likeness (QED) is 0.457. The summed E-state index contributed by atoms with van der Waals surface area (Å²) in [7, 11) is 1.78. The summed E-state index contributed by atoms with van der Waals surface area (Å²) in [5.74, 6) is -0.512. The lowest BCUT2D eigenvalue weighted by atomic mass is 9.91. The van der Waals surface area contributed by atoms with E-state index in [1.807, 2.05) is 4.90 Å². The second-order valence-electron chi connectivity index (χ2n) is 8.30. The second kappa shape index (κ2) is 8.22. The molecule has 0 bridgehead atoms. The van der Waals surface area contributed by atoms with Crippen LogP contribution in [0.5, 0.6) is 5.75 Å². The first-order chi connectivity index (χ1) is 16.5. The van der Waals surface area contributed by atoms with Crippen molar-refractivity contribution in [3.8, 4) is 5.75 Å². The van der Waals surface area contributed by atoms with Gasteiger partial charge in [-0.15, -0.1) is 13.2 Å². The molecule has 1 N–H and O–H groups in total. The van der Waals surface area contributed by atoms with Gasteiger partial charge in [0.2, 0.25) is 0 Å². The van der Waals surface area contributed by atoms with Crippen LogP contribution in [0.1, 0.15) is 5.56 Å². The number of fused-ring (bicyclic) bond motifs is 3. The predicted molar refractivity (Wildman–Crippen MR) is 127 cm³/mol. The van der Waals surface area contributed by atoms with E-state index >= 15 is 0 Å². The third-order valence-corrected chi connectivity index (χ3v) is 6.63. The van der Waals surface area contributed by atoms with Gasteiger partial charge in [0.25, 0.3) is 0 Å². The lowest BCUT2D eigenvalue weighted by Gasteiger charge is -2.42. The monoisotopic (exact) mass is 523 g/mol. The number of halogens is 5. The summed E-state index contributed by atoms with van der Waals surface area (Å²) in [6.45, 7) is 0.171. The summed E-state index contributed by atoms with van der Waals surface area (Å²) in [6, 6.07) is 14.8. The Morgan fingerprint density at radius 1 is 1.00 bits per heavy atom. The topological polar surface area (TPSA) is 56.2 Å². The average molecular weight is 524 g/mol. The van der Waals surface area contributed by atoms with Gasteiger partial charge in [-0.2, -0.15) is 0 Å². The van der Waals surface area contributed by atoms with Crippen LogP contribution in [0.25, 0.3) is 0 Å². The molecule has 1 unspecified atom stereocenters. The summed E-state index contributed by atoms with van der Waals surface area (Å²) in [5.41, 5.74) is -0.494. The highest BCUT2D eigenvalue weighted by molar-refractivity contribution is 6.31. The maximum absolute atomic E-state index is 13.9. The zero-order valence-electron chi connectivity index (χ0n) is 18.1. The molecular formula is C24H18Cl2F3N3O3. The van der Waals surface area contributed by atoms with E-state index in [1.54, 1.807) is 49.5 Å². The number of amides is 2. The van der Waals surface area contributed by atoms with Crippen molar-refractivity contribution in [3.05, 3.63) is 82.3 Å². The van der Waals surface area contributed by atoms with E-state index in [1.165, 1.54) is 17.0 Å². The summed E-state index contributed by atoms with van der Waals surface area (Å²) in [6.07, 6.45) is -4.92. The number of carbonyl (C=O) groups excluding carboxylic acids is 1. The van der Waals surface area contributed by atoms with Gasteiger partial charge in [-0.1, -0.05) is 35.3 Å². The molecule has 11 heteroatoms. The Labute approximate surface area is 208 Å². The van der Waals surface area contributed by atoms with Crippen LogP contribution < -0.4 is 19.4 Å². The maximum Gasteiger partial charge on any atom is 0.573 e. The SMILES string of the molecule is CN1C[C@H]2N(C(=O)N(c3ccc(Cl)cc3)C2(O)c2cccc(OC(F)(F)F)c2)c2ccc(Cl)cc21. The van der Waals surface area contributed by atoms with Crippen molar-refractivity contribution in [1.82, 2.24) is 0 Å². The standard InChI is InChI=1S/C24H18Cl2F3N3O3/c1-30-13-21-23(34,14-3-2-4-18(11-14)35-24(27,28)29)32(17-8-5-15(25)6-9-17)22(33)31(21)19-10-7-16(26)12-20(19)30/h2-12,21,34H,13H2,1H3/t21-,23?/m1/s1. The number of alkyl halides is 3. The van der Waals surface area contributed by atoms with Gasteiger partial charge in [0.15, 0.2) is 5.72 Å². The molecule has 5 rings (SSSR count). The van der Waals surface area contributed by atoms with E-state index in [0.717, 1.165) is 17.0 Å². The molecule has 2 heterocycles. The number of urea groups is 1. The molecule has 2 atom stereocenters. The number of ether oxygens (including phenoxy) is 1. The molecule has 3 aromatic carbocycles. The molecule has 1 saturated heterocycles. The molecule has 0 aliphatic carbocycles. The van der Waals surface area contributed by atoms with Gasteiger partial charge in [-0.05, 0) is 54.6 Å². The van der Waals surface area contributed by atoms with Crippen molar-refractivity contribution < 1.29 is 27.8 Å². The first-order valence-electron chi connectivity index (χ1n) is 10.5. The summed E-state index contributed by atoms with van der Waals surface area (Å²) in [5, 5.41) is 13.2. The number of anilines is 3. The molecule has 2 amide bonds. The van der Waals surface area contributed by atoms with Crippen LogP contribution in [0.2, 0.25) is 10.0 Å². The van der Waals surface area contributed by atoms with Crippen molar-refractivity contribution in [1.29, 1.82) is 0 Å². The van der Waals surface area contributed by atoms with E-state index in [9.17, 15) is 23.1 Å². The van der Waals surface area contributed by atoms with Crippen molar-refractivity contribution in [2.45, 2.75) is 18.1 Å². The van der Waals surface area contributed by atoms with Crippen LogP contribution >= 0.6 is 23.2 Å². The average Bonchev–Trinajstić information content (AvgIpc) is 3.01. The van der Waals surface area contributed by atoms with Crippen LogP contribution in [0.4, 0.5) is 35.0 Å². The number of hydrogen-bond acceptors (Lipinski definition) is 4. The van der Waals surface area contributed by atoms with Crippen LogP contribution in [-0.2, 0) is 5.72 Å². The minimum atomic E-state index is -4.92. The summed E-state index contributed by atoms with van der Waals surface area (Å²) in [4.78, 5) is 18.3. The Hall–Kier alpha value is -3.14. The number of aliphatic hydroxyl groups is 1. The molecule has 2 aliphatic heterocycles. The van der Waals surface area contributed by atoms with Crippen molar-refractivity contribution in [3.63, 3.8) is 0 Å². The summed E-state index contributed by atoms with van der Waals surface area (Å²) >= 11 is 12.2. The van der Waals surface area contributed by atoms with Gasteiger partial charge in [-0.3, -0.25) is 9.80 Å². The maximum atomic E-state index is 13.9. The van der Waals surface area contributed by atoms with E-state index in [4.69, 9.17) is 23.2 Å². The fourth-order valence-electron chi connectivity index (χ4n) is 4.70. The largest absolute Gasteiger partial charge is 0.573 e. The first kappa shape index (κ1) is 23.6. The predicted octanol–water partition coefficient (Wildman–Crippen LogP) is 6.00. The Morgan fingerprint density at radius 2 is 1.69 bits per heavy atom. The minimum absolute atomic E-state index is 0.0564. The number of nitrogens with zero attached hydrogens (tertiary/aromatic N) is 3. The fraction of sp³-hybridized carbons (Fsp3) is 0.208. The summed E-state index contributed by atoms with van der Waals surface area (Å²) < 4.78 is 42.8. The Morgan fingerprint density at radius 3 is 2.37 bits per heavy atom. The highest BCUT2D eigenvalue weighted by Crippen LogP contribution is 2.50. The van der Waals surface area contributed by atoms with Gasteiger partial charge in [0.1, 0.15) is 11.8 Å². The Bertz CT molecular complexity index is 1310. The molecule has 2 aliphatic rings. The van der Waals surface area contributed by atoms with E-state index in [2.05, 4.69) is 4.74 Å². The molecule has 0 saturated carbocycles. The molecule has 0 spiro atoms. The lowest BCUT2D eigenvalue weighted by molar-refractivity contribution is -0.274. The van der Waals surface area contributed by atoms with Gasteiger partial charge in [0, 0.05) is 34.9 Å². The van der Waals surface area contributed by atoms with Gasteiger partial charge < -0.3 is 14.7 Å². The van der Waals surface area contributed by atoms with E-state index in [0.29, 0.717) is 27.1 Å².